The lowest BCUT2D eigenvalue weighted by atomic mass is 9.94. The number of rotatable bonds is 7. The Hall–Kier alpha value is -2.77. The Morgan fingerprint density at radius 1 is 1.27 bits per heavy atom. The highest BCUT2D eigenvalue weighted by atomic mass is 16.6. The van der Waals surface area contributed by atoms with Crippen molar-refractivity contribution in [1.29, 1.82) is 0 Å². The normalized spacial score (nSPS) is 11.4. The minimum absolute atomic E-state index is 0.0597. The molecule has 0 fully saturated rings. The Morgan fingerprint density at radius 2 is 1.91 bits per heavy atom. The average Bonchev–Trinajstić information content (AvgIpc) is 2.46. The van der Waals surface area contributed by atoms with Crippen LogP contribution in [0.4, 0.5) is 5.69 Å². The van der Waals surface area contributed by atoms with E-state index >= 15 is 0 Å². The van der Waals surface area contributed by atoms with Gasteiger partial charge in [-0.15, -0.1) is 0 Å². The molecule has 8 heteroatoms. The van der Waals surface area contributed by atoms with Crippen LogP contribution in [0.25, 0.3) is 0 Å². The maximum absolute atomic E-state index is 12.1. The number of methoxy groups -OCH3 is 2. The molecule has 0 spiro atoms. The minimum Gasteiger partial charge on any atom is -0.497 e. The summed E-state index contributed by atoms with van der Waals surface area (Å²) in [6.45, 7) is 1.08. The van der Waals surface area contributed by atoms with Crippen LogP contribution in [-0.4, -0.2) is 36.7 Å². The molecule has 0 aromatic heterocycles. The monoisotopic (exact) mass is 309 g/mol. The number of Topliss-reactive ketones (excluding diaryl/α,β-unsaturated/α-hetero) is 2. The summed E-state index contributed by atoms with van der Waals surface area (Å²) in [7, 11) is 2.43. The Morgan fingerprint density at radius 3 is 2.36 bits per heavy atom. The molecule has 0 N–H and O–H groups in total. The zero-order chi connectivity index (χ0) is 16.9. The molecule has 0 radical (unpaired) electrons. The number of nitrogens with zero attached hydrogens (tertiary/aromatic N) is 1. The van der Waals surface area contributed by atoms with Crippen molar-refractivity contribution in [1.82, 2.24) is 0 Å². The maximum Gasteiger partial charge on any atom is 0.323 e. The van der Waals surface area contributed by atoms with Gasteiger partial charge in [-0.2, -0.15) is 0 Å². The van der Waals surface area contributed by atoms with E-state index in [0.29, 0.717) is 5.75 Å². The molecule has 1 atom stereocenters. The highest BCUT2D eigenvalue weighted by Gasteiger charge is 2.33. The number of esters is 1. The van der Waals surface area contributed by atoms with Gasteiger partial charge in [0.25, 0.3) is 5.69 Å². The predicted octanol–water partition coefficient (Wildman–Crippen LogP) is 1.09. The van der Waals surface area contributed by atoms with Crippen LogP contribution in [-0.2, 0) is 25.5 Å². The molecule has 1 rings (SSSR count). The first kappa shape index (κ1) is 17.3. The Kier molecular flexibility index (Phi) is 5.73. The third-order valence-electron chi connectivity index (χ3n) is 3.01. The van der Waals surface area contributed by atoms with Crippen molar-refractivity contribution in [3.63, 3.8) is 0 Å². The third kappa shape index (κ3) is 3.87. The van der Waals surface area contributed by atoms with Crippen LogP contribution in [0, 0.1) is 16.0 Å². The topological polar surface area (TPSA) is 113 Å². The van der Waals surface area contributed by atoms with Crippen molar-refractivity contribution in [3.8, 4) is 5.75 Å². The number of carbonyl (C=O) groups is 3. The van der Waals surface area contributed by atoms with E-state index in [4.69, 9.17) is 4.74 Å². The van der Waals surface area contributed by atoms with Gasteiger partial charge in [0.2, 0.25) is 0 Å². The lowest BCUT2D eigenvalue weighted by molar-refractivity contribution is -0.385. The van der Waals surface area contributed by atoms with Crippen LogP contribution in [0.1, 0.15) is 12.5 Å². The Labute approximate surface area is 126 Å². The fourth-order valence-electron chi connectivity index (χ4n) is 1.94. The highest BCUT2D eigenvalue weighted by molar-refractivity contribution is 6.17. The van der Waals surface area contributed by atoms with Gasteiger partial charge in [-0.25, -0.2) is 0 Å². The van der Waals surface area contributed by atoms with E-state index in [0.717, 1.165) is 14.0 Å². The number of nitro benzene ring substituents is 1. The number of benzene rings is 1. The summed E-state index contributed by atoms with van der Waals surface area (Å²) in [6, 6.07) is 3.90. The molecular formula is C14H15NO7. The summed E-state index contributed by atoms with van der Waals surface area (Å²) in [6.07, 6.45) is -0.452. The van der Waals surface area contributed by atoms with Gasteiger partial charge in [0.15, 0.2) is 17.5 Å². The van der Waals surface area contributed by atoms with E-state index in [1.54, 1.807) is 0 Å². The second-order valence-corrected chi connectivity index (χ2v) is 4.46. The van der Waals surface area contributed by atoms with Gasteiger partial charge in [-0.1, -0.05) is 0 Å². The molecular weight excluding hydrogens is 294 g/mol. The Bertz CT molecular complexity index is 624. The molecule has 0 aliphatic rings. The molecule has 1 aromatic carbocycles. The van der Waals surface area contributed by atoms with E-state index in [-0.39, 0.29) is 11.3 Å². The number of carbonyl (C=O) groups excluding carboxylic acids is 3. The second-order valence-electron chi connectivity index (χ2n) is 4.46. The number of hydrogen-bond donors (Lipinski definition) is 0. The molecule has 0 saturated carbocycles. The summed E-state index contributed by atoms with van der Waals surface area (Å²) in [4.78, 5) is 45.4. The average molecular weight is 309 g/mol. The first-order chi connectivity index (χ1) is 10.3. The van der Waals surface area contributed by atoms with Crippen molar-refractivity contribution in [2.45, 2.75) is 13.3 Å². The molecule has 1 unspecified atom stereocenters. The fraction of sp³-hybridized carbons (Fsp3) is 0.357. The number of hydrogen-bond acceptors (Lipinski definition) is 7. The summed E-state index contributed by atoms with van der Waals surface area (Å²) < 4.78 is 9.37. The SMILES string of the molecule is COC(=O)C(C(C)=O)C(=O)Cc1cc(OC)ccc1[N+](=O)[O-]. The van der Waals surface area contributed by atoms with E-state index < -0.39 is 34.8 Å². The summed E-state index contributed by atoms with van der Waals surface area (Å²) in [5.74, 6) is -3.69. The minimum atomic E-state index is -1.59. The molecule has 0 heterocycles. The van der Waals surface area contributed by atoms with Gasteiger partial charge in [0.1, 0.15) is 5.75 Å². The molecule has 0 aliphatic carbocycles. The maximum atomic E-state index is 12.1. The van der Waals surface area contributed by atoms with Crippen molar-refractivity contribution in [2.75, 3.05) is 14.2 Å². The van der Waals surface area contributed by atoms with Crippen LogP contribution in [0.3, 0.4) is 0 Å². The van der Waals surface area contributed by atoms with Crippen molar-refractivity contribution in [3.05, 3.63) is 33.9 Å². The lowest BCUT2D eigenvalue weighted by Gasteiger charge is -2.11. The number of nitro groups is 1. The first-order valence-electron chi connectivity index (χ1n) is 6.24. The smallest absolute Gasteiger partial charge is 0.323 e. The standard InChI is InChI=1S/C14H15NO7/c1-8(16)13(14(18)22-3)12(17)7-9-6-10(21-2)4-5-11(9)15(19)20/h4-6,13H,7H2,1-3H3. The van der Waals surface area contributed by atoms with Gasteiger partial charge < -0.3 is 9.47 Å². The van der Waals surface area contributed by atoms with Crippen molar-refractivity contribution >= 4 is 23.2 Å². The van der Waals surface area contributed by atoms with Crippen molar-refractivity contribution < 1.29 is 28.8 Å². The summed E-state index contributed by atoms with van der Waals surface area (Å²) in [5, 5.41) is 11.0. The van der Waals surface area contributed by atoms with Crippen LogP contribution in [0.5, 0.6) is 5.75 Å². The van der Waals surface area contributed by atoms with E-state index in [1.165, 1.54) is 25.3 Å². The van der Waals surface area contributed by atoms with Crippen LogP contribution in [0.2, 0.25) is 0 Å². The fourth-order valence-corrected chi connectivity index (χ4v) is 1.94. The van der Waals surface area contributed by atoms with Gasteiger partial charge in [-0.3, -0.25) is 24.5 Å². The molecule has 22 heavy (non-hydrogen) atoms. The lowest BCUT2D eigenvalue weighted by Crippen LogP contribution is -2.32. The number of ketones is 2. The summed E-state index contributed by atoms with van der Waals surface area (Å²) in [5.41, 5.74) is -0.231. The van der Waals surface area contributed by atoms with Gasteiger partial charge in [0.05, 0.1) is 19.1 Å². The number of ether oxygens (including phenoxy) is 2. The predicted molar refractivity (Wildman–Crippen MR) is 74.5 cm³/mol. The zero-order valence-corrected chi connectivity index (χ0v) is 12.3. The molecule has 0 saturated heterocycles. The van der Waals surface area contributed by atoms with Crippen LogP contribution in [0.15, 0.2) is 18.2 Å². The van der Waals surface area contributed by atoms with E-state index in [9.17, 15) is 24.5 Å². The molecule has 8 nitrogen and oxygen atoms in total. The summed E-state index contributed by atoms with van der Waals surface area (Å²) >= 11 is 0. The molecule has 0 bridgehead atoms. The second kappa shape index (κ2) is 7.30. The van der Waals surface area contributed by atoms with Crippen LogP contribution < -0.4 is 4.74 Å². The van der Waals surface area contributed by atoms with Crippen LogP contribution >= 0.6 is 0 Å². The molecule has 0 amide bonds. The third-order valence-corrected chi connectivity index (χ3v) is 3.01. The zero-order valence-electron chi connectivity index (χ0n) is 12.3. The van der Waals surface area contributed by atoms with Gasteiger partial charge in [0, 0.05) is 18.1 Å². The van der Waals surface area contributed by atoms with E-state index in [1.807, 2.05) is 0 Å². The van der Waals surface area contributed by atoms with Gasteiger partial charge >= 0.3 is 5.97 Å². The molecule has 118 valence electrons. The quantitative estimate of drug-likeness (QED) is 0.320. The van der Waals surface area contributed by atoms with Crippen molar-refractivity contribution in [2.24, 2.45) is 5.92 Å². The van der Waals surface area contributed by atoms with E-state index in [2.05, 4.69) is 4.74 Å². The highest BCUT2D eigenvalue weighted by Crippen LogP contribution is 2.25. The first-order valence-corrected chi connectivity index (χ1v) is 6.24. The van der Waals surface area contributed by atoms with Gasteiger partial charge in [-0.05, 0) is 19.1 Å². The largest absolute Gasteiger partial charge is 0.497 e. The molecule has 1 aromatic rings. The Balaban J connectivity index is 3.16. The molecule has 0 aliphatic heterocycles.